The number of nitrogens with one attached hydrogen (secondary N) is 1. The number of aliphatic imine (C=N–C) groups is 1. The van der Waals surface area contributed by atoms with Gasteiger partial charge in [-0.15, -0.1) is 24.0 Å². The number of piperazine rings is 1. The van der Waals surface area contributed by atoms with Gasteiger partial charge in [-0.1, -0.05) is 0 Å². The first-order valence-electron chi connectivity index (χ1n) is 9.30. The monoisotopic (exact) mass is 467 g/mol. The summed E-state index contributed by atoms with van der Waals surface area (Å²) in [5, 5.41) is 3.50. The van der Waals surface area contributed by atoms with Gasteiger partial charge in [-0.3, -0.25) is 9.89 Å². The summed E-state index contributed by atoms with van der Waals surface area (Å²) in [5.41, 5.74) is 0. The molecular weight excluding hydrogens is 433 g/mol. The van der Waals surface area contributed by atoms with Crippen LogP contribution in [0.5, 0.6) is 0 Å². The molecule has 25 heavy (non-hydrogen) atoms. The molecule has 3 saturated heterocycles. The van der Waals surface area contributed by atoms with Crippen LogP contribution in [0.4, 0.5) is 0 Å². The van der Waals surface area contributed by atoms with E-state index in [0.29, 0.717) is 0 Å². The number of halogens is 1. The van der Waals surface area contributed by atoms with Crippen LogP contribution in [0.1, 0.15) is 6.42 Å². The molecule has 0 aromatic carbocycles. The van der Waals surface area contributed by atoms with Crippen molar-refractivity contribution in [2.75, 3.05) is 86.3 Å². The molecule has 2 unspecified atom stereocenters. The van der Waals surface area contributed by atoms with E-state index in [-0.39, 0.29) is 30.1 Å². The first-order valence-corrected chi connectivity index (χ1v) is 9.30. The third-order valence-corrected chi connectivity index (χ3v) is 5.25. The Balaban J connectivity index is 0.00000225. The summed E-state index contributed by atoms with van der Waals surface area (Å²) in [6.45, 7) is 11.0. The van der Waals surface area contributed by atoms with E-state index in [1.54, 1.807) is 0 Å². The zero-order valence-corrected chi connectivity index (χ0v) is 18.0. The molecule has 0 bridgehead atoms. The molecule has 0 amide bonds. The average molecular weight is 467 g/mol. The lowest BCUT2D eigenvalue weighted by molar-refractivity contribution is -0.0164. The van der Waals surface area contributed by atoms with Crippen LogP contribution < -0.4 is 5.32 Å². The van der Waals surface area contributed by atoms with Crippen molar-refractivity contribution in [1.29, 1.82) is 0 Å². The summed E-state index contributed by atoms with van der Waals surface area (Å²) in [5.74, 6) is 1.74. The Morgan fingerprint density at radius 1 is 1.16 bits per heavy atom. The van der Waals surface area contributed by atoms with Crippen LogP contribution in [0, 0.1) is 5.92 Å². The summed E-state index contributed by atoms with van der Waals surface area (Å²) in [6.07, 6.45) is 1.48. The molecule has 3 rings (SSSR count). The van der Waals surface area contributed by atoms with Crippen LogP contribution in [0.25, 0.3) is 0 Å². The van der Waals surface area contributed by atoms with Crippen LogP contribution in [0.2, 0.25) is 0 Å². The van der Waals surface area contributed by atoms with Crippen molar-refractivity contribution in [3.63, 3.8) is 0 Å². The van der Waals surface area contributed by atoms with Crippen molar-refractivity contribution in [2.24, 2.45) is 10.9 Å². The fourth-order valence-corrected chi connectivity index (χ4v) is 3.76. The molecule has 3 aliphatic rings. The van der Waals surface area contributed by atoms with Crippen molar-refractivity contribution in [3.05, 3.63) is 0 Å². The molecule has 7 nitrogen and oxygen atoms in total. The largest absolute Gasteiger partial charge is 0.381 e. The lowest BCUT2D eigenvalue weighted by Gasteiger charge is -2.38. The maximum atomic E-state index is 5.82. The number of ether oxygens (including phenoxy) is 2. The van der Waals surface area contributed by atoms with Gasteiger partial charge in [0, 0.05) is 66.0 Å². The van der Waals surface area contributed by atoms with E-state index >= 15 is 0 Å². The lowest BCUT2D eigenvalue weighted by atomic mass is 10.1. The SMILES string of the molecule is CN=C(NCC1CN(C)CCO1)N1CCN(CC2CCOC2)CC1.I. The van der Waals surface area contributed by atoms with Gasteiger partial charge in [0.05, 0.1) is 19.3 Å². The highest BCUT2D eigenvalue weighted by Gasteiger charge is 2.25. The number of likely N-dealkylation sites (N-methyl/N-ethyl adjacent to an activating group) is 1. The Kier molecular flexibility index (Phi) is 9.18. The Bertz CT molecular complexity index is 412. The van der Waals surface area contributed by atoms with Crippen LogP contribution in [-0.4, -0.2) is 113 Å². The first kappa shape index (κ1) is 21.1. The molecule has 2 atom stereocenters. The Morgan fingerprint density at radius 3 is 2.60 bits per heavy atom. The molecule has 8 heteroatoms. The Morgan fingerprint density at radius 2 is 1.96 bits per heavy atom. The van der Waals surface area contributed by atoms with Crippen LogP contribution in [0.15, 0.2) is 4.99 Å². The number of morpholine rings is 1. The van der Waals surface area contributed by atoms with E-state index in [1.807, 2.05) is 7.05 Å². The maximum Gasteiger partial charge on any atom is 0.193 e. The normalized spacial score (nSPS) is 29.5. The van der Waals surface area contributed by atoms with Gasteiger partial charge in [0.2, 0.25) is 0 Å². The van der Waals surface area contributed by atoms with Crippen LogP contribution >= 0.6 is 24.0 Å². The molecule has 3 aliphatic heterocycles. The molecular formula is C17H34IN5O2. The molecule has 0 aromatic heterocycles. The van der Waals surface area contributed by atoms with E-state index in [9.17, 15) is 0 Å². The third-order valence-electron chi connectivity index (χ3n) is 5.25. The second-order valence-electron chi connectivity index (χ2n) is 7.20. The average Bonchev–Trinajstić information content (AvgIpc) is 3.10. The highest BCUT2D eigenvalue weighted by atomic mass is 127. The zero-order valence-electron chi connectivity index (χ0n) is 15.7. The fourth-order valence-electron chi connectivity index (χ4n) is 3.76. The second-order valence-corrected chi connectivity index (χ2v) is 7.20. The van der Waals surface area contributed by atoms with E-state index in [2.05, 4.69) is 32.1 Å². The van der Waals surface area contributed by atoms with E-state index in [0.717, 1.165) is 77.5 Å². The predicted octanol–water partition coefficient (Wildman–Crippen LogP) is 0.165. The number of guanidine groups is 1. The molecule has 0 aliphatic carbocycles. The van der Waals surface area contributed by atoms with Gasteiger partial charge in [-0.05, 0) is 19.4 Å². The van der Waals surface area contributed by atoms with Gasteiger partial charge in [-0.25, -0.2) is 0 Å². The van der Waals surface area contributed by atoms with Gasteiger partial charge < -0.3 is 24.6 Å². The topological polar surface area (TPSA) is 52.6 Å². The minimum Gasteiger partial charge on any atom is -0.381 e. The zero-order chi connectivity index (χ0) is 16.8. The number of nitrogens with zero attached hydrogens (tertiary/aromatic N) is 4. The standard InChI is InChI=1S/C17H33N5O2.HI/c1-18-17(19-11-16-13-20(2)8-10-24-16)22-6-4-21(5-7-22)12-15-3-9-23-14-15;/h15-16H,3-14H2,1-2H3,(H,18,19);1H. The fraction of sp³-hybridized carbons (Fsp3) is 0.941. The summed E-state index contributed by atoms with van der Waals surface area (Å²) >= 11 is 0. The molecule has 3 heterocycles. The van der Waals surface area contributed by atoms with E-state index < -0.39 is 0 Å². The molecule has 146 valence electrons. The van der Waals surface area contributed by atoms with Crippen molar-refractivity contribution in [2.45, 2.75) is 12.5 Å². The van der Waals surface area contributed by atoms with Gasteiger partial charge in [0.1, 0.15) is 0 Å². The minimum atomic E-state index is 0. The summed E-state index contributed by atoms with van der Waals surface area (Å²) in [7, 11) is 4.03. The summed E-state index contributed by atoms with van der Waals surface area (Å²) < 4.78 is 11.3. The van der Waals surface area contributed by atoms with Crippen LogP contribution in [-0.2, 0) is 9.47 Å². The third kappa shape index (κ3) is 6.50. The van der Waals surface area contributed by atoms with Crippen molar-refractivity contribution < 1.29 is 9.47 Å². The molecule has 0 aromatic rings. The van der Waals surface area contributed by atoms with E-state index in [4.69, 9.17) is 9.47 Å². The molecule has 0 spiro atoms. The highest BCUT2D eigenvalue weighted by Crippen LogP contribution is 2.15. The molecule has 3 fully saturated rings. The number of hydrogen-bond acceptors (Lipinski definition) is 5. The molecule has 0 saturated carbocycles. The number of hydrogen-bond donors (Lipinski definition) is 1. The van der Waals surface area contributed by atoms with Crippen molar-refractivity contribution in [3.8, 4) is 0 Å². The molecule has 0 radical (unpaired) electrons. The Labute approximate surface area is 169 Å². The molecule has 1 N–H and O–H groups in total. The van der Waals surface area contributed by atoms with Crippen molar-refractivity contribution >= 4 is 29.9 Å². The van der Waals surface area contributed by atoms with Crippen LogP contribution in [0.3, 0.4) is 0 Å². The second kappa shape index (κ2) is 10.9. The number of rotatable bonds is 4. The Hall–Kier alpha value is -0.160. The minimum absolute atomic E-state index is 0. The van der Waals surface area contributed by atoms with E-state index in [1.165, 1.54) is 13.0 Å². The van der Waals surface area contributed by atoms with Gasteiger partial charge in [0.25, 0.3) is 0 Å². The lowest BCUT2D eigenvalue weighted by Crippen LogP contribution is -2.55. The van der Waals surface area contributed by atoms with Gasteiger partial charge >= 0.3 is 0 Å². The van der Waals surface area contributed by atoms with Crippen molar-refractivity contribution in [1.82, 2.24) is 20.0 Å². The predicted molar refractivity (Wildman–Crippen MR) is 111 cm³/mol. The smallest absolute Gasteiger partial charge is 0.193 e. The first-order chi connectivity index (χ1) is 11.7. The highest BCUT2D eigenvalue weighted by molar-refractivity contribution is 14.0. The van der Waals surface area contributed by atoms with Gasteiger partial charge in [0.15, 0.2) is 5.96 Å². The maximum absolute atomic E-state index is 5.82. The summed E-state index contributed by atoms with van der Waals surface area (Å²) in [4.78, 5) is 11.7. The van der Waals surface area contributed by atoms with Gasteiger partial charge in [-0.2, -0.15) is 0 Å². The quantitative estimate of drug-likeness (QED) is 0.362. The summed E-state index contributed by atoms with van der Waals surface area (Å²) in [6, 6.07) is 0.